The number of carbonyl (C=O) groups is 1. The molecule has 0 fully saturated rings. The molecule has 112 valence electrons. The molecule has 0 saturated heterocycles. The number of nitrogens with two attached hydrogens (primary N) is 1. The second kappa shape index (κ2) is 6.71. The van der Waals surface area contributed by atoms with Gasteiger partial charge in [-0.2, -0.15) is 0 Å². The molecule has 1 unspecified atom stereocenters. The summed E-state index contributed by atoms with van der Waals surface area (Å²) >= 11 is 0. The Bertz CT molecular complexity index is 474. The molecule has 1 amide bonds. The number of carbonyl (C=O) groups excluding carboxylic acids is 1. The smallest absolute Gasteiger partial charge is 0.277 e. The third-order valence-corrected chi connectivity index (χ3v) is 2.62. The molecule has 1 aliphatic rings. The molecule has 8 heteroatoms. The molecule has 1 atom stereocenters. The zero-order valence-corrected chi connectivity index (χ0v) is 11.3. The van der Waals surface area contributed by atoms with E-state index in [0.717, 1.165) is 0 Å². The van der Waals surface area contributed by atoms with Crippen LogP contribution in [0, 0.1) is 0 Å². The first-order chi connectivity index (χ1) is 9.02. The van der Waals surface area contributed by atoms with Gasteiger partial charge < -0.3 is 20.5 Å². The van der Waals surface area contributed by atoms with Crippen molar-refractivity contribution in [3.05, 3.63) is 24.3 Å². The Kier molecular flexibility index (Phi) is 5.52. The van der Waals surface area contributed by atoms with E-state index in [-0.39, 0.29) is 19.0 Å². The number of fused-ring (bicyclic) bond motifs is 1. The number of alkyl halides is 2. The standard InChI is InChI=1S/C12H14F2N2O3.ClH/c13-12(14,6-15)7-16-11(17)10-5-18-8-3-1-2-4-9(8)19-10;/h1-4,10H,5-7,15H2,(H,16,17);1H. The lowest BCUT2D eigenvalue weighted by molar-refractivity contribution is -0.132. The highest BCUT2D eigenvalue weighted by Gasteiger charge is 2.31. The summed E-state index contributed by atoms with van der Waals surface area (Å²) in [6.07, 6.45) is -0.941. The van der Waals surface area contributed by atoms with Crippen LogP contribution >= 0.6 is 12.4 Å². The number of benzene rings is 1. The van der Waals surface area contributed by atoms with Crippen LogP contribution in [0.25, 0.3) is 0 Å². The van der Waals surface area contributed by atoms with Gasteiger partial charge in [0.15, 0.2) is 11.5 Å². The van der Waals surface area contributed by atoms with Gasteiger partial charge in [-0.15, -0.1) is 12.4 Å². The Morgan fingerprint density at radius 3 is 2.70 bits per heavy atom. The maximum absolute atomic E-state index is 12.9. The summed E-state index contributed by atoms with van der Waals surface area (Å²) in [5, 5.41) is 2.10. The first kappa shape index (κ1) is 16.5. The maximum atomic E-state index is 12.9. The number of amides is 1. The van der Waals surface area contributed by atoms with E-state index in [1.807, 2.05) is 0 Å². The Morgan fingerprint density at radius 2 is 2.05 bits per heavy atom. The van der Waals surface area contributed by atoms with Gasteiger partial charge in [0, 0.05) is 0 Å². The van der Waals surface area contributed by atoms with Crippen LogP contribution in [-0.2, 0) is 4.79 Å². The van der Waals surface area contributed by atoms with E-state index in [9.17, 15) is 13.6 Å². The van der Waals surface area contributed by atoms with Crippen LogP contribution in [0.2, 0.25) is 0 Å². The van der Waals surface area contributed by atoms with E-state index in [1.165, 1.54) is 0 Å². The number of halogens is 3. The number of hydrogen-bond donors (Lipinski definition) is 2. The summed E-state index contributed by atoms with van der Waals surface area (Å²) in [4.78, 5) is 11.7. The van der Waals surface area contributed by atoms with Crippen LogP contribution in [0.1, 0.15) is 0 Å². The molecule has 0 aromatic heterocycles. The maximum Gasteiger partial charge on any atom is 0.277 e. The lowest BCUT2D eigenvalue weighted by Crippen LogP contribution is -2.49. The van der Waals surface area contributed by atoms with Crippen LogP contribution in [-0.4, -0.2) is 37.6 Å². The topological polar surface area (TPSA) is 73.6 Å². The first-order valence-corrected chi connectivity index (χ1v) is 5.76. The van der Waals surface area contributed by atoms with Crippen molar-refractivity contribution in [2.45, 2.75) is 12.0 Å². The van der Waals surface area contributed by atoms with Crippen LogP contribution in [0.5, 0.6) is 11.5 Å². The van der Waals surface area contributed by atoms with Crippen molar-refractivity contribution < 1.29 is 23.0 Å². The average Bonchev–Trinajstić information content (AvgIpc) is 2.44. The Labute approximate surface area is 120 Å². The summed E-state index contributed by atoms with van der Waals surface area (Å²) < 4.78 is 36.5. The number of para-hydroxylation sites is 2. The minimum atomic E-state index is -3.12. The second-order valence-corrected chi connectivity index (χ2v) is 4.14. The van der Waals surface area contributed by atoms with Crippen LogP contribution in [0.4, 0.5) is 8.78 Å². The van der Waals surface area contributed by atoms with Gasteiger partial charge in [0.25, 0.3) is 11.8 Å². The van der Waals surface area contributed by atoms with Crippen molar-refractivity contribution >= 4 is 18.3 Å². The van der Waals surface area contributed by atoms with E-state index in [4.69, 9.17) is 15.2 Å². The third kappa shape index (κ3) is 3.94. The van der Waals surface area contributed by atoms with E-state index in [2.05, 4.69) is 5.32 Å². The van der Waals surface area contributed by atoms with Gasteiger partial charge in [0.05, 0.1) is 13.1 Å². The fourth-order valence-corrected chi connectivity index (χ4v) is 1.55. The molecule has 5 nitrogen and oxygen atoms in total. The summed E-state index contributed by atoms with van der Waals surface area (Å²) in [5.41, 5.74) is 4.88. The normalized spacial score (nSPS) is 17.1. The second-order valence-electron chi connectivity index (χ2n) is 4.14. The van der Waals surface area contributed by atoms with Crippen LogP contribution < -0.4 is 20.5 Å². The molecule has 2 rings (SSSR count). The molecular formula is C12H15ClF2N2O3. The van der Waals surface area contributed by atoms with E-state index in [1.54, 1.807) is 24.3 Å². The zero-order valence-electron chi connectivity index (χ0n) is 10.5. The molecular weight excluding hydrogens is 294 g/mol. The van der Waals surface area contributed by atoms with Gasteiger partial charge in [-0.25, -0.2) is 8.78 Å². The first-order valence-electron chi connectivity index (χ1n) is 5.76. The van der Waals surface area contributed by atoms with Gasteiger partial charge in [-0.3, -0.25) is 4.79 Å². The molecule has 1 aromatic carbocycles. The predicted molar refractivity (Wildman–Crippen MR) is 70.6 cm³/mol. The van der Waals surface area contributed by atoms with Gasteiger partial charge in [0.2, 0.25) is 6.10 Å². The highest BCUT2D eigenvalue weighted by atomic mass is 35.5. The number of ether oxygens (including phenoxy) is 2. The quantitative estimate of drug-likeness (QED) is 0.869. The number of hydrogen-bond acceptors (Lipinski definition) is 4. The largest absolute Gasteiger partial charge is 0.485 e. The molecule has 0 bridgehead atoms. The highest BCUT2D eigenvalue weighted by Crippen LogP contribution is 2.30. The van der Waals surface area contributed by atoms with Crippen molar-refractivity contribution in [3.8, 4) is 11.5 Å². The minimum Gasteiger partial charge on any atom is -0.485 e. The average molecular weight is 309 g/mol. The molecule has 1 heterocycles. The molecule has 0 aliphatic carbocycles. The van der Waals surface area contributed by atoms with E-state index in [0.29, 0.717) is 11.5 Å². The zero-order chi connectivity index (χ0) is 13.9. The van der Waals surface area contributed by atoms with Crippen molar-refractivity contribution in [2.75, 3.05) is 19.7 Å². The summed E-state index contributed by atoms with van der Waals surface area (Å²) in [6, 6.07) is 6.84. The lowest BCUT2D eigenvalue weighted by atomic mass is 10.2. The summed E-state index contributed by atoms with van der Waals surface area (Å²) in [7, 11) is 0. The Hall–Kier alpha value is -1.60. The highest BCUT2D eigenvalue weighted by molar-refractivity contribution is 5.85. The van der Waals surface area contributed by atoms with Gasteiger partial charge in [0.1, 0.15) is 6.61 Å². The third-order valence-electron chi connectivity index (χ3n) is 2.62. The summed E-state index contributed by atoms with van der Waals surface area (Å²) in [5.74, 6) is -2.83. The van der Waals surface area contributed by atoms with Gasteiger partial charge in [-0.05, 0) is 12.1 Å². The monoisotopic (exact) mass is 308 g/mol. The molecule has 1 aliphatic heterocycles. The van der Waals surface area contributed by atoms with Gasteiger partial charge >= 0.3 is 0 Å². The minimum absolute atomic E-state index is 0. The van der Waals surface area contributed by atoms with E-state index >= 15 is 0 Å². The SMILES string of the molecule is Cl.NCC(F)(F)CNC(=O)C1COc2ccccc2O1. The Morgan fingerprint density at radius 1 is 1.40 bits per heavy atom. The van der Waals surface area contributed by atoms with Crippen molar-refractivity contribution in [1.82, 2.24) is 5.32 Å². The Balaban J connectivity index is 0.00000200. The number of nitrogens with one attached hydrogen (secondary N) is 1. The fourth-order valence-electron chi connectivity index (χ4n) is 1.55. The molecule has 1 aromatic rings. The predicted octanol–water partition coefficient (Wildman–Crippen LogP) is 0.958. The number of rotatable bonds is 4. The van der Waals surface area contributed by atoms with Crippen LogP contribution in [0.3, 0.4) is 0 Å². The molecule has 0 saturated carbocycles. The summed E-state index contributed by atoms with van der Waals surface area (Å²) in [6.45, 7) is -1.65. The van der Waals surface area contributed by atoms with E-state index < -0.39 is 31.0 Å². The van der Waals surface area contributed by atoms with Crippen molar-refractivity contribution in [3.63, 3.8) is 0 Å². The molecule has 3 N–H and O–H groups in total. The van der Waals surface area contributed by atoms with Crippen molar-refractivity contribution in [1.29, 1.82) is 0 Å². The molecule has 0 spiro atoms. The van der Waals surface area contributed by atoms with Crippen molar-refractivity contribution in [2.24, 2.45) is 5.73 Å². The lowest BCUT2D eigenvalue weighted by Gasteiger charge is -2.26. The molecule has 0 radical (unpaired) electrons. The van der Waals surface area contributed by atoms with Gasteiger partial charge in [-0.1, -0.05) is 12.1 Å². The fraction of sp³-hybridized carbons (Fsp3) is 0.417. The van der Waals surface area contributed by atoms with Crippen LogP contribution in [0.15, 0.2) is 24.3 Å². The molecule has 20 heavy (non-hydrogen) atoms.